The second-order valence-corrected chi connectivity index (χ2v) is 9.07. The number of benzene rings is 2. The minimum atomic E-state index is -1.42. The van der Waals surface area contributed by atoms with Crippen molar-refractivity contribution >= 4 is 46.0 Å². The molecule has 1 spiro atoms. The van der Waals surface area contributed by atoms with Crippen LogP contribution in [0.4, 0.5) is 5.69 Å². The molecule has 5 nitrogen and oxygen atoms in total. The van der Waals surface area contributed by atoms with Crippen LogP contribution >= 0.6 is 22.6 Å². The lowest BCUT2D eigenvalue weighted by Gasteiger charge is -2.44. The minimum Gasteiger partial charge on any atom is -0.454 e. The Labute approximate surface area is 171 Å². The molecule has 0 aromatic heterocycles. The van der Waals surface area contributed by atoms with Crippen molar-refractivity contribution in [1.82, 2.24) is 4.90 Å². The summed E-state index contributed by atoms with van der Waals surface area (Å²) < 4.78 is 7.39. The minimum absolute atomic E-state index is 0.322. The Balaban J connectivity index is 2.12. The summed E-state index contributed by atoms with van der Waals surface area (Å²) in [5, 5.41) is 0. The van der Waals surface area contributed by atoms with Gasteiger partial charge in [0, 0.05) is 32.7 Å². The van der Waals surface area contributed by atoms with Gasteiger partial charge in [0.05, 0.1) is 5.69 Å². The van der Waals surface area contributed by atoms with Crippen LogP contribution in [0, 0.1) is 8.99 Å². The number of carbonyl (C=O) groups is 2. The summed E-state index contributed by atoms with van der Waals surface area (Å²) in [5.74, 6) is -0.245. The zero-order valence-electron chi connectivity index (χ0n) is 15.5. The average molecular weight is 474 g/mol. The van der Waals surface area contributed by atoms with E-state index < -0.39 is 16.9 Å². The number of rotatable bonds is 0. The molecule has 2 aliphatic rings. The van der Waals surface area contributed by atoms with Crippen molar-refractivity contribution in [3.63, 3.8) is 0 Å². The van der Waals surface area contributed by atoms with Crippen LogP contribution in [-0.2, 0) is 15.1 Å². The third kappa shape index (κ3) is 2.53. The molecule has 2 aromatic carbocycles. The van der Waals surface area contributed by atoms with Gasteiger partial charge in [-0.05, 0) is 46.9 Å². The van der Waals surface area contributed by atoms with Crippen LogP contribution in [0.3, 0.4) is 0 Å². The number of fused-ring (bicyclic) bond motifs is 4. The van der Waals surface area contributed by atoms with Crippen molar-refractivity contribution in [2.24, 2.45) is 10.4 Å². The number of carbonyl (C=O) groups excluding carboxylic acids is 2. The number of ether oxygens (including phenoxy) is 1. The van der Waals surface area contributed by atoms with Gasteiger partial charge in [0.25, 0.3) is 11.8 Å². The van der Waals surface area contributed by atoms with Crippen molar-refractivity contribution in [3.05, 3.63) is 62.7 Å². The molecule has 0 saturated heterocycles. The molecule has 27 heavy (non-hydrogen) atoms. The summed E-state index contributed by atoms with van der Waals surface area (Å²) in [4.78, 5) is 32.1. The van der Waals surface area contributed by atoms with E-state index in [1.807, 2.05) is 45.0 Å². The number of halogens is 1. The number of nitrogens with zero attached hydrogens (tertiary/aromatic N) is 2. The Bertz CT molecular complexity index is 1020. The third-order valence-corrected chi connectivity index (χ3v) is 5.57. The molecular formula is C21H19IN2O3. The Kier molecular flexibility index (Phi) is 3.96. The van der Waals surface area contributed by atoms with Gasteiger partial charge in [0.1, 0.15) is 0 Å². The molecule has 2 amide bonds. The molecule has 6 heteroatoms. The Hall–Kier alpha value is -2.22. The highest BCUT2D eigenvalue weighted by Crippen LogP contribution is 2.49. The van der Waals surface area contributed by atoms with Gasteiger partial charge >= 0.3 is 0 Å². The largest absolute Gasteiger partial charge is 0.454 e. The molecule has 2 aromatic rings. The molecule has 0 N–H and O–H groups in total. The average Bonchev–Trinajstić information content (AvgIpc) is 2.63. The van der Waals surface area contributed by atoms with E-state index >= 15 is 0 Å². The van der Waals surface area contributed by atoms with Gasteiger partial charge in [-0.15, -0.1) is 0 Å². The zero-order chi connectivity index (χ0) is 19.6. The summed E-state index contributed by atoms with van der Waals surface area (Å²) in [7, 11) is 1.50. The van der Waals surface area contributed by atoms with Crippen LogP contribution in [0.5, 0.6) is 0 Å². The Morgan fingerprint density at radius 3 is 2.48 bits per heavy atom. The van der Waals surface area contributed by atoms with Crippen LogP contribution in [0.25, 0.3) is 0 Å². The molecule has 0 radical (unpaired) electrons. The van der Waals surface area contributed by atoms with Crippen molar-refractivity contribution in [1.29, 1.82) is 0 Å². The molecule has 138 valence electrons. The molecule has 2 aliphatic heterocycles. The Morgan fingerprint density at radius 2 is 1.78 bits per heavy atom. The van der Waals surface area contributed by atoms with Crippen molar-refractivity contribution in [2.45, 2.75) is 26.4 Å². The summed E-state index contributed by atoms with van der Waals surface area (Å²) in [6.45, 7) is 5.97. The van der Waals surface area contributed by atoms with Gasteiger partial charge in [-0.25, -0.2) is 4.99 Å². The number of likely N-dealkylation sites (N-methyl/N-ethyl adjacent to an activating group) is 1. The summed E-state index contributed by atoms with van der Waals surface area (Å²) in [6.07, 6.45) is 0. The highest BCUT2D eigenvalue weighted by Gasteiger charge is 2.57. The highest BCUT2D eigenvalue weighted by molar-refractivity contribution is 14.1. The van der Waals surface area contributed by atoms with Gasteiger partial charge in [0.2, 0.25) is 5.60 Å². The first-order chi connectivity index (χ1) is 12.7. The number of aliphatic imine (C=N–C) groups is 1. The van der Waals surface area contributed by atoms with Gasteiger partial charge in [-0.1, -0.05) is 39.0 Å². The van der Waals surface area contributed by atoms with Crippen LogP contribution in [0.1, 0.15) is 42.3 Å². The van der Waals surface area contributed by atoms with Crippen LogP contribution in [0.15, 0.2) is 47.5 Å². The predicted octanol–water partition coefficient (Wildman–Crippen LogP) is 4.25. The third-order valence-electron chi connectivity index (χ3n) is 4.90. The maximum absolute atomic E-state index is 13.5. The maximum Gasteiger partial charge on any atom is 0.283 e. The molecule has 0 saturated carbocycles. The second-order valence-electron chi connectivity index (χ2n) is 7.83. The topological polar surface area (TPSA) is 59.0 Å². The summed E-state index contributed by atoms with van der Waals surface area (Å²) >= 11 is 2.21. The van der Waals surface area contributed by atoms with Crippen LogP contribution in [-0.4, -0.2) is 29.7 Å². The monoisotopic (exact) mass is 474 g/mol. The van der Waals surface area contributed by atoms with Crippen molar-refractivity contribution < 1.29 is 14.3 Å². The summed E-state index contributed by atoms with van der Waals surface area (Å²) in [6, 6.07) is 12.9. The standard InChI is InChI=1S/C21H19IN2O3/c1-20(2,3)18-23-16-10-9-12(22)11-15(16)21(27-18)14-8-6-5-7-13(14)17(25)24(4)19(21)26/h5-11H,1-4H3. The normalized spacial score (nSPS) is 21.5. The lowest BCUT2D eigenvalue weighted by atomic mass is 9.77. The van der Waals surface area contributed by atoms with Gasteiger partial charge < -0.3 is 4.74 Å². The van der Waals surface area contributed by atoms with Crippen LogP contribution in [0.2, 0.25) is 0 Å². The van der Waals surface area contributed by atoms with E-state index in [9.17, 15) is 9.59 Å². The molecule has 2 heterocycles. The fraction of sp³-hybridized carbons (Fsp3) is 0.286. The maximum atomic E-state index is 13.5. The molecule has 1 unspecified atom stereocenters. The second kappa shape index (κ2) is 5.89. The molecule has 1 atom stereocenters. The van der Waals surface area contributed by atoms with Gasteiger partial charge in [0.15, 0.2) is 5.90 Å². The predicted molar refractivity (Wildman–Crippen MR) is 111 cm³/mol. The molecule has 0 aliphatic carbocycles. The number of hydrogen-bond donors (Lipinski definition) is 0. The molecule has 4 rings (SSSR count). The Morgan fingerprint density at radius 1 is 1.07 bits per heavy atom. The highest BCUT2D eigenvalue weighted by atomic mass is 127. The van der Waals surface area contributed by atoms with Crippen molar-refractivity contribution in [3.8, 4) is 0 Å². The smallest absolute Gasteiger partial charge is 0.283 e. The lowest BCUT2D eigenvalue weighted by Crippen LogP contribution is -2.57. The quantitative estimate of drug-likeness (QED) is 0.424. The first-order valence-electron chi connectivity index (χ1n) is 8.66. The van der Waals surface area contributed by atoms with Gasteiger partial charge in [-0.3, -0.25) is 14.5 Å². The number of amides is 2. The molecule has 0 fully saturated rings. The van der Waals surface area contributed by atoms with E-state index in [2.05, 4.69) is 22.6 Å². The first kappa shape index (κ1) is 18.2. The zero-order valence-corrected chi connectivity index (χ0v) is 17.7. The van der Waals surface area contributed by atoms with E-state index in [1.54, 1.807) is 18.2 Å². The fourth-order valence-corrected chi connectivity index (χ4v) is 3.99. The number of imide groups is 1. The van der Waals surface area contributed by atoms with Crippen molar-refractivity contribution in [2.75, 3.05) is 7.05 Å². The van der Waals surface area contributed by atoms with Crippen LogP contribution < -0.4 is 0 Å². The fourth-order valence-electron chi connectivity index (χ4n) is 3.50. The van der Waals surface area contributed by atoms with E-state index in [1.165, 1.54) is 7.05 Å². The molecular weight excluding hydrogens is 455 g/mol. The lowest BCUT2D eigenvalue weighted by molar-refractivity contribution is -0.144. The van der Waals surface area contributed by atoms with Gasteiger partial charge in [-0.2, -0.15) is 0 Å². The number of hydrogen-bond acceptors (Lipinski definition) is 4. The first-order valence-corrected chi connectivity index (χ1v) is 9.74. The van der Waals surface area contributed by atoms with E-state index in [-0.39, 0.29) is 5.91 Å². The molecule has 0 bridgehead atoms. The SMILES string of the molecule is CN1C(=O)c2ccccc2C2(OC(C(C)(C)C)=Nc3ccc(I)cc32)C1=O. The summed E-state index contributed by atoms with van der Waals surface area (Å²) in [5.41, 5.74) is 0.581. The van der Waals surface area contributed by atoms with E-state index in [4.69, 9.17) is 9.73 Å². The van der Waals surface area contributed by atoms with E-state index in [0.29, 0.717) is 28.3 Å². The van der Waals surface area contributed by atoms with E-state index in [0.717, 1.165) is 8.47 Å².